The molecule has 1 aliphatic rings. The van der Waals surface area contributed by atoms with Crippen LogP contribution in [-0.2, 0) is 0 Å². The summed E-state index contributed by atoms with van der Waals surface area (Å²) in [6.07, 6.45) is 0. The molecule has 2 aromatic rings. The van der Waals surface area contributed by atoms with Crippen LogP contribution in [0.3, 0.4) is 0 Å². The number of carbonyl (C=O) groups excluding carboxylic acids is 1. The Morgan fingerprint density at radius 2 is 1.78 bits per heavy atom. The highest BCUT2D eigenvalue weighted by molar-refractivity contribution is 5.89. The van der Waals surface area contributed by atoms with Gasteiger partial charge < -0.3 is 25.2 Å². The van der Waals surface area contributed by atoms with Crippen LogP contribution in [0.4, 0.5) is 22.1 Å². The standard InChI is InChI=1S/C19H26N6O2/c1-3-20-17-9-10-18(23-22-17)24-11-13-25(14-12-24)19(26)21-15-5-7-16(8-6-15)27-4-2/h5-10H,3-4,11-14H2,1-2H3,(H,20,22)(H,21,26). The van der Waals surface area contributed by atoms with E-state index in [1.54, 1.807) is 0 Å². The highest BCUT2D eigenvalue weighted by Crippen LogP contribution is 2.17. The molecule has 1 saturated heterocycles. The Morgan fingerprint density at radius 3 is 2.37 bits per heavy atom. The van der Waals surface area contributed by atoms with Crippen molar-refractivity contribution in [3.63, 3.8) is 0 Å². The van der Waals surface area contributed by atoms with Gasteiger partial charge in [-0.05, 0) is 50.2 Å². The van der Waals surface area contributed by atoms with Gasteiger partial charge in [0.1, 0.15) is 11.6 Å². The summed E-state index contributed by atoms with van der Waals surface area (Å²) in [6, 6.07) is 11.2. The lowest BCUT2D eigenvalue weighted by Gasteiger charge is -2.35. The van der Waals surface area contributed by atoms with Crippen molar-refractivity contribution in [2.24, 2.45) is 0 Å². The third kappa shape index (κ3) is 4.99. The molecule has 0 spiro atoms. The summed E-state index contributed by atoms with van der Waals surface area (Å²) in [5.74, 6) is 2.41. The Kier molecular flexibility index (Phi) is 6.30. The maximum atomic E-state index is 12.5. The first kappa shape index (κ1) is 18.8. The quantitative estimate of drug-likeness (QED) is 0.813. The van der Waals surface area contributed by atoms with Crippen molar-refractivity contribution in [3.05, 3.63) is 36.4 Å². The van der Waals surface area contributed by atoms with Crippen LogP contribution in [0, 0.1) is 0 Å². The fourth-order valence-corrected chi connectivity index (χ4v) is 2.91. The number of urea groups is 1. The van der Waals surface area contributed by atoms with Crippen molar-refractivity contribution in [2.45, 2.75) is 13.8 Å². The number of ether oxygens (including phenoxy) is 1. The molecule has 0 bridgehead atoms. The monoisotopic (exact) mass is 370 g/mol. The molecule has 144 valence electrons. The molecule has 2 N–H and O–H groups in total. The zero-order valence-corrected chi connectivity index (χ0v) is 15.8. The van der Waals surface area contributed by atoms with Gasteiger partial charge in [-0.2, -0.15) is 0 Å². The van der Waals surface area contributed by atoms with Crippen LogP contribution < -0.4 is 20.3 Å². The van der Waals surface area contributed by atoms with Gasteiger partial charge in [0, 0.05) is 38.4 Å². The van der Waals surface area contributed by atoms with E-state index in [4.69, 9.17) is 4.74 Å². The van der Waals surface area contributed by atoms with Crippen molar-refractivity contribution in [3.8, 4) is 5.75 Å². The van der Waals surface area contributed by atoms with Gasteiger partial charge in [-0.15, -0.1) is 10.2 Å². The van der Waals surface area contributed by atoms with E-state index in [2.05, 4.69) is 25.7 Å². The molecule has 0 saturated carbocycles. The fraction of sp³-hybridized carbons (Fsp3) is 0.421. The van der Waals surface area contributed by atoms with E-state index in [0.717, 1.165) is 42.7 Å². The summed E-state index contributed by atoms with van der Waals surface area (Å²) in [4.78, 5) is 16.4. The molecule has 1 fully saturated rings. The third-order valence-electron chi connectivity index (χ3n) is 4.32. The molecule has 0 aliphatic carbocycles. The van der Waals surface area contributed by atoms with Crippen molar-refractivity contribution >= 4 is 23.4 Å². The predicted molar refractivity (Wildman–Crippen MR) is 107 cm³/mol. The Balaban J connectivity index is 1.50. The summed E-state index contributed by atoms with van der Waals surface area (Å²) in [5.41, 5.74) is 0.760. The molecule has 2 amide bonds. The number of nitrogens with one attached hydrogen (secondary N) is 2. The van der Waals surface area contributed by atoms with Gasteiger partial charge in [0.05, 0.1) is 6.61 Å². The minimum absolute atomic E-state index is 0.0904. The molecule has 0 unspecified atom stereocenters. The molecule has 27 heavy (non-hydrogen) atoms. The first-order valence-electron chi connectivity index (χ1n) is 9.31. The molecule has 8 nitrogen and oxygen atoms in total. The largest absolute Gasteiger partial charge is 0.494 e. The lowest BCUT2D eigenvalue weighted by Crippen LogP contribution is -2.50. The summed E-state index contributed by atoms with van der Waals surface area (Å²) in [5, 5.41) is 14.5. The van der Waals surface area contributed by atoms with Crippen molar-refractivity contribution in [1.29, 1.82) is 0 Å². The number of rotatable bonds is 6. The van der Waals surface area contributed by atoms with E-state index >= 15 is 0 Å². The van der Waals surface area contributed by atoms with Crippen LogP contribution in [0.15, 0.2) is 36.4 Å². The molecule has 0 atom stereocenters. The summed E-state index contributed by atoms with van der Waals surface area (Å²) in [7, 11) is 0. The number of anilines is 3. The Morgan fingerprint density at radius 1 is 1.04 bits per heavy atom. The van der Waals surface area contributed by atoms with Gasteiger partial charge in [0.15, 0.2) is 5.82 Å². The number of benzene rings is 1. The smallest absolute Gasteiger partial charge is 0.321 e. The summed E-state index contributed by atoms with van der Waals surface area (Å²) < 4.78 is 5.41. The second-order valence-corrected chi connectivity index (χ2v) is 6.17. The first-order valence-corrected chi connectivity index (χ1v) is 9.31. The molecule has 1 aliphatic heterocycles. The highest BCUT2D eigenvalue weighted by Gasteiger charge is 2.22. The molecule has 0 radical (unpaired) electrons. The van der Waals surface area contributed by atoms with E-state index in [1.165, 1.54) is 0 Å². The SMILES string of the molecule is CCNc1ccc(N2CCN(C(=O)Nc3ccc(OCC)cc3)CC2)nn1. The van der Waals surface area contributed by atoms with Crippen LogP contribution in [0.2, 0.25) is 0 Å². The van der Waals surface area contributed by atoms with Crippen LogP contribution in [0.1, 0.15) is 13.8 Å². The number of amides is 2. The summed E-state index contributed by atoms with van der Waals surface area (Å²) in [6.45, 7) is 8.13. The maximum absolute atomic E-state index is 12.5. The van der Waals surface area contributed by atoms with Gasteiger partial charge >= 0.3 is 6.03 Å². The average Bonchev–Trinajstić information content (AvgIpc) is 2.71. The first-order chi connectivity index (χ1) is 13.2. The van der Waals surface area contributed by atoms with Gasteiger partial charge in [0.2, 0.25) is 0 Å². The van der Waals surface area contributed by atoms with Crippen molar-refractivity contribution < 1.29 is 9.53 Å². The number of aromatic nitrogens is 2. The third-order valence-corrected chi connectivity index (χ3v) is 4.32. The Labute approximate surface area is 159 Å². The number of hydrogen-bond donors (Lipinski definition) is 2. The second kappa shape index (κ2) is 9.07. The lowest BCUT2D eigenvalue weighted by atomic mass is 10.3. The number of piperazine rings is 1. The molecule has 1 aromatic carbocycles. The van der Waals surface area contributed by atoms with E-state index in [0.29, 0.717) is 19.7 Å². The molecule has 3 rings (SSSR count). The highest BCUT2D eigenvalue weighted by atomic mass is 16.5. The molecular formula is C19H26N6O2. The number of carbonyl (C=O) groups is 1. The number of nitrogens with zero attached hydrogens (tertiary/aromatic N) is 4. The molecule has 1 aromatic heterocycles. The van der Waals surface area contributed by atoms with Gasteiger partial charge in [-0.1, -0.05) is 0 Å². The minimum Gasteiger partial charge on any atom is -0.494 e. The van der Waals surface area contributed by atoms with E-state index in [-0.39, 0.29) is 6.03 Å². The van der Waals surface area contributed by atoms with E-state index < -0.39 is 0 Å². The topological polar surface area (TPSA) is 82.6 Å². The van der Waals surface area contributed by atoms with Gasteiger partial charge in [-0.3, -0.25) is 0 Å². The minimum atomic E-state index is -0.0904. The van der Waals surface area contributed by atoms with Crippen LogP contribution >= 0.6 is 0 Å². The lowest BCUT2D eigenvalue weighted by molar-refractivity contribution is 0.208. The molecule has 8 heteroatoms. The molecule has 2 heterocycles. The Bertz CT molecular complexity index is 727. The average molecular weight is 370 g/mol. The normalized spacial score (nSPS) is 14.0. The number of hydrogen-bond acceptors (Lipinski definition) is 6. The zero-order valence-electron chi connectivity index (χ0n) is 15.8. The van der Waals surface area contributed by atoms with Crippen LogP contribution in [0.5, 0.6) is 5.75 Å². The Hall–Kier alpha value is -3.03. The van der Waals surface area contributed by atoms with Gasteiger partial charge in [-0.25, -0.2) is 4.79 Å². The van der Waals surface area contributed by atoms with Crippen molar-refractivity contribution in [2.75, 3.05) is 54.9 Å². The van der Waals surface area contributed by atoms with E-state index in [1.807, 2.05) is 55.1 Å². The van der Waals surface area contributed by atoms with Crippen LogP contribution in [-0.4, -0.2) is 60.5 Å². The maximum Gasteiger partial charge on any atom is 0.321 e. The van der Waals surface area contributed by atoms with Crippen molar-refractivity contribution in [1.82, 2.24) is 15.1 Å². The van der Waals surface area contributed by atoms with Gasteiger partial charge in [0.25, 0.3) is 0 Å². The zero-order chi connectivity index (χ0) is 19.1. The predicted octanol–water partition coefficient (Wildman–Crippen LogP) is 2.66. The van der Waals surface area contributed by atoms with Crippen LogP contribution in [0.25, 0.3) is 0 Å². The fourth-order valence-electron chi connectivity index (χ4n) is 2.91. The second-order valence-electron chi connectivity index (χ2n) is 6.17. The van der Waals surface area contributed by atoms with E-state index in [9.17, 15) is 4.79 Å². The summed E-state index contributed by atoms with van der Waals surface area (Å²) >= 11 is 0. The molecular weight excluding hydrogens is 344 g/mol.